The van der Waals surface area contributed by atoms with Gasteiger partial charge in [0.15, 0.2) is 0 Å². The van der Waals surface area contributed by atoms with Crippen LogP contribution >= 0.6 is 15.9 Å². The van der Waals surface area contributed by atoms with Gasteiger partial charge in [-0.25, -0.2) is 13.2 Å². The Morgan fingerprint density at radius 2 is 2.05 bits per heavy atom. The molecule has 0 radical (unpaired) electrons. The zero-order valence-corrected chi connectivity index (χ0v) is 14.2. The van der Waals surface area contributed by atoms with Crippen molar-refractivity contribution in [2.45, 2.75) is 30.7 Å². The molecule has 22 heavy (non-hydrogen) atoms. The summed E-state index contributed by atoms with van der Waals surface area (Å²) in [4.78, 5) is 31.2. The van der Waals surface area contributed by atoms with Gasteiger partial charge >= 0.3 is 5.97 Å². The van der Waals surface area contributed by atoms with Gasteiger partial charge in [0.25, 0.3) is 10.0 Å². The summed E-state index contributed by atoms with van der Waals surface area (Å²) in [7, 11) is -4.00. The van der Waals surface area contributed by atoms with Crippen LogP contribution in [-0.4, -0.2) is 37.8 Å². The molecule has 1 amide bonds. The van der Waals surface area contributed by atoms with Crippen molar-refractivity contribution >= 4 is 37.8 Å². The molecule has 0 aromatic heterocycles. The number of carbonyl (C=O) groups is 2. The lowest BCUT2D eigenvalue weighted by Crippen LogP contribution is -2.42. The average Bonchev–Trinajstić information content (AvgIpc) is 2.95. The second-order valence-electron chi connectivity index (χ2n) is 4.81. The lowest BCUT2D eigenvalue weighted by Gasteiger charge is -2.21. The third-order valence-corrected chi connectivity index (χ3v) is 5.50. The monoisotopic (exact) mass is 390 g/mol. The van der Waals surface area contributed by atoms with Gasteiger partial charge in [-0.2, -0.15) is 0 Å². The van der Waals surface area contributed by atoms with Crippen molar-refractivity contribution < 1.29 is 22.8 Å². The van der Waals surface area contributed by atoms with E-state index in [1.807, 2.05) is 0 Å². The van der Waals surface area contributed by atoms with Crippen molar-refractivity contribution in [3.8, 4) is 0 Å². The number of likely N-dealkylation sites (tertiary alicyclic amines) is 1. The van der Waals surface area contributed by atoms with Gasteiger partial charge in [-0.15, -0.1) is 0 Å². The normalized spacial score (nSPS) is 18.3. The van der Waals surface area contributed by atoms with Crippen LogP contribution in [-0.2, 0) is 24.4 Å². The Hall–Kier alpha value is -1.45. The van der Waals surface area contributed by atoms with Crippen molar-refractivity contribution in [2.75, 3.05) is 6.54 Å². The number of nitrogens with one attached hydrogen (secondary N) is 1. The lowest BCUT2D eigenvalue weighted by molar-refractivity contribution is -0.155. The summed E-state index contributed by atoms with van der Waals surface area (Å²) >= 11 is 3.12. The number of amides is 1. The van der Waals surface area contributed by atoms with Crippen LogP contribution in [0.3, 0.4) is 0 Å². The molecule has 0 saturated carbocycles. The number of rotatable bonds is 4. The fraction of sp³-hybridized carbons (Fsp3) is 0.385. The molecule has 7 nitrogen and oxygen atoms in total. The fourth-order valence-electron chi connectivity index (χ4n) is 2.26. The molecule has 1 aromatic carbocycles. The van der Waals surface area contributed by atoms with Gasteiger partial charge in [0, 0.05) is 17.9 Å². The largest absolute Gasteiger partial charge is 0.353 e. The minimum absolute atomic E-state index is 0.0438. The molecular weight excluding hydrogens is 376 g/mol. The van der Waals surface area contributed by atoms with Gasteiger partial charge in [0.05, 0.1) is 4.90 Å². The molecule has 2 rings (SSSR count). The predicted molar refractivity (Wildman–Crippen MR) is 81.0 cm³/mol. The van der Waals surface area contributed by atoms with Gasteiger partial charge < -0.3 is 9.74 Å². The topological polar surface area (TPSA) is 92.8 Å². The molecule has 1 N–H and O–H groups in total. The summed E-state index contributed by atoms with van der Waals surface area (Å²) in [6, 6.07) is 5.40. The lowest BCUT2D eigenvalue weighted by atomic mass is 10.2. The molecule has 1 saturated heterocycles. The minimum Gasteiger partial charge on any atom is -0.353 e. The van der Waals surface area contributed by atoms with E-state index in [-0.39, 0.29) is 10.8 Å². The number of nitrogens with zero attached hydrogens (tertiary/aromatic N) is 1. The van der Waals surface area contributed by atoms with Gasteiger partial charge in [0.1, 0.15) is 6.04 Å². The average molecular weight is 391 g/mol. The number of sulfonamides is 1. The molecule has 0 unspecified atom stereocenters. The Morgan fingerprint density at radius 1 is 1.36 bits per heavy atom. The molecule has 1 aromatic rings. The zero-order chi connectivity index (χ0) is 16.3. The summed E-state index contributed by atoms with van der Waals surface area (Å²) in [5.41, 5.74) is 0. The van der Waals surface area contributed by atoms with Crippen LogP contribution in [0, 0.1) is 0 Å². The number of carbonyl (C=O) groups excluding carboxylic acids is 2. The van der Waals surface area contributed by atoms with Gasteiger partial charge in [-0.3, -0.25) is 4.79 Å². The highest BCUT2D eigenvalue weighted by Crippen LogP contribution is 2.22. The Balaban J connectivity index is 2.05. The molecule has 1 heterocycles. The van der Waals surface area contributed by atoms with Crippen LogP contribution < -0.4 is 4.89 Å². The predicted octanol–water partition coefficient (Wildman–Crippen LogP) is 1.20. The Labute approximate surface area is 136 Å². The van der Waals surface area contributed by atoms with Crippen LogP contribution in [0.25, 0.3) is 0 Å². The maximum absolute atomic E-state index is 12.1. The second-order valence-corrected chi connectivity index (χ2v) is 7.28. The Kier molecular flexibility index (Phi) is 5.20. The van der Waals surface area contributed by atoms with E-state index in [4.69, 9.17) is 0 Å². The number of hydrogen-bond donors (Lipinski definition) is 1. The summed E-state index contributed by atoms with van der Waals surface area (Å²) < 4.78 is 24.5. The first-order valence-corrected chi connectivity index (χ1v) is 8.85. The van der Waals surface area contributed by atoms with E-state index in [1.165, 1.54) is 17.9 Å². The van der Waals surface area contributed by atoms with Crippen molar-refractivity contribution in [3.05, 3.63) is 28.7 Å². The quantitative estimate of drug-likeness (QED) is 0.779. The van der Waals surface area contributed by atoms with Gasteiger partial charge in [-0.05, 0) is 45.8 Å². The molecule has 0 aliphatic carbocycles. The summed E-state index contributed by atoms with van der Waals surface area (Å²) in [6.07, 6.45) is 1.13. The molecular formula is C13H15BrN2O5S. The first-order valence-electron chi connectivity index (χ1n) is 6.57. The van der Waals surface area contributed by atoms with E-state index in [1.54, 1.807) is 23.1 Å². The minimum atomic E-state index is -4.00. The molecule has 0 spiro atoms. The van der Waals surface area contributed by atoms with Crippen LogP contribution in [0.5, 0.6) is 0 Å². The highest BCUT2D eigenvalue weighted by molar-refractivity contribution is 9.10. The maximum atomic E-state index is 12.1. The molecule has 1 aliphatic heterocycles. The third-order valence-electron chi connectivity index (χ3n) is 3.31. The Morgan fingerprint density at radius 3 is 2.68 bits per heavy atom. The first kappa shape index (κ1) is 16.9. The van der Waals surface area contributed by atoms with E-state index < -0.39 is 22.0 Å². The van der Waals surface area contributed by atoms with E-state index in [2.05, 4.69) is 20.8 Å². The van der Waals surface area contributed by atoms with Gasteiger partial charge in [0.2, 0.25) is 5.91 Å². The number of hydrogen-bond acceptors (Lipinski definition) is 5. The van der Waals surface area contributed by atoms with Crippen LogP contribution in [0.15, 0.2) is 33.6 Å². The van der Waals surface area contributed by atoms with Crippen molar-refractivity contribution in [1.82, 2.24) is 9.79 Å². The molecule has 9 heteroatoms. The Bertz CT molecular complexity index is 691. The maximum Gasteiger partial charge on any atom is 0.348 e. The van der Waals surface area contributed by atoms with E-state index in [0.717, 1.165) is 0 Å². The smallest absolute Gasteiger partial charge is 0.348 e. The highest BCUT2D eigenvalue weighted by Gasteiger charge is 2.34. The third kappa shape index (κ3) is 3.65. The van der Waals surface area contributed by atoms with Crippen LogP contribution in [0.1, 0.15) is 19.8 Å². The van der Waals surface area contributed by atoms with E-state index in [0.29, 0.717) is 23.9 Å². The highest BCUT2D eigenvalue weighted by atomic mass is 79.9. The zero-order valence-electron chi connectivity index (χ0n) is 11.8. The molecule has 1 fully saturated rings. The van der Waals surface area contributed by atoms with E-state index >= 15 is 0 Å². The van der Waals surface area contributed by atoms with Crippen LogP contribution in [0.4, 0.5) is 0 Å². The molecule has 1 atom stereocenters. The number of halogens is 1. The summed E-state index contributed by atoms with van der Waals surface area (Å²) in [5.74, 6) is -1.03. The van der Waals surface area contributed by atoms with E-state index in [9.17, 15) is 18.0 Å². The summed E-state index contributed by atoms with van der Waals surface area (Å²) in [6.45, 7) is 1.82. The molecule has 120 valence electrons. The van der Waals surface area contributed by atoms with Crippen LogP contribution in [0.2, 0.25) is 0 Å². The molecule has 0 bridgehead atoms. The SMILES string of the molecule is CC(=O)N1CCC[C@H]1C(=O)ONS(=O)(=O)c1ccccc1Br. The van der Waals surface area contributed by atoms with Gasteiger partial charge in [-0.1, -0.05) is 12.1 Å². The van der Waals surface area contributed by atoms with Crippen molar-refractivity contribution in [2.24, 2.45) is 0 Å². The summed E-state index contributed by atoms with van der Waals surface area (Å²) in [5, 5.41) is 0. The standard InChI is InChI=1S/C13H15BrN2O5S/c1-9(17)16-8-4-6-11(16)13(18)21-15-22(19,20)12-7-3-2-5-10(12)14/h2-3,5,7,11,15H,4,6,8H2,1H3/t11-/m0/s1. The van der Waals surface area contributed by atoms with Crippen molar-refractivity contribution in [3.63, 3.8) is 0 Å². The first-order chi connectivity index (χ1) is 10.3. The number of benzene rings is 1. The molecule has 1 aliphatic rings. The van der Waals surface area contributed by atoms with Crippen molar-refractivity contribution in [1.29, 1.82) is 0 Å². The second kappa shape index (κ2) is 6.76. The fourth-order valence-corrected chi connectivity index (χ4v) is 4.05.